The van der Waals surface area contributed by atoms with E-state index in [9.17, 15) is 0 Å². The first kappa shape index (κ1) is 22.5. The Morgan fingerprint density at radius 1 is 0.906 bits per heavy atom. The highest BCUT2D eigenvalue weighted by atomic mass is 35.5. The normalized spacial score (nSPS) is 11.2. The summed E-state index contributed by atoms with van der Waals surface area (Å²) in [5, 5.41) is 10.6. The maximum atomic E-state index is 6.30. The first-order valence-corrected chi connectivity index (χ1v) is 12.0. The summed E-state index contributed by atoms with van der Waals surface area (Å²) in [7, 11) is 2.11. The minimum Gasteiger partial charge on any atom is -0.295 e. The molecule has 0 saturated heterocycles. The lowest BCUT2D eigenvalue weighted by Crippen LogP contribution is -2.20. The highest BCUT2D eigenvalue weighted by molar-refractivity contribution is 7.98. The van der Waals surface area contributed by atoms with E-state index in [1.807, 2.05) is 48.8 Å². The number of aromatic nitrogens is 4. The second-order valence-electron chi connectivity index (χ2n) is 7.70. The van der Waals surface area contributed by atoms with Gasteiger partial charge in [0, 0.05) is 29.7 Å². The van der Waals surface area contributed by atoms with Crippen LogP contribution in [-0.2, 0) is 25.3 Å². The summed E-state index contributed by atoms with van der Waals surface area (Å²) in [4.78, 5) is 6.35. The van der Waals surface area contributed by atoms with Crippen LogP contribution < -0.4 is 0 Å². The zero-order valence-electron chi connectivity index (χ0n) is 18.3. The van der Waals surface area contributed by atoms with Gasteiger partial charge < -0.3 is 0 Å². The topological polar surface area (TPSA) is 46.8 Å². The summed E-state index contributed by atoms with van der Waals surface area (Å²) in [6.45, 7) is 3.69. The molecule has 0 radical (unpaired) electrons. The van der Waals surface area contributed by atoms with Gasteiger partial charge in [0.15, 0.2) is 11.0 Å². The molecule has 4 aromatic rings. The molecule has 0 aliphatic heterocycles. The van der Waals surface area contributed by atoms with Crippen LogP contribution in [0, 0.1) is 0 Å². The zero-order valence-corrected chi connectivity index (χ0v) is 19.9. The Kier molecular flexibility index (Phi) is 7.58. The van der Waals surface area contributed by atoms with Crippen LogP contribution in [0.1, 0.15) is 29.4 Å². The van der Waals surface area contributed by atoms with E-state index < -0.39 is 0 Å². The average molecular weight is 464 g/mol. The molecule has 5 nitrogen and oxygen atoms in total. The third-order valence-corrected chi connectivity index (χ3v) is 6.41. The Labute approximate surface area is 198 Å². The van der Waals surface area contributed by atoms with Crippen LogP contribution in [0.4, 0.5) is 0 Å². The van der Waals surface area contributed by atoms with E-state index in [-0.39, 0.29) is 0 Å². The molecule has 164 valence electrons. The van der Waals surface area contributed by atoms with Crippen molar-refractivity contribution in [3.63, 3.8) is 0 Å². The Balaban J connectivity index is 1.55. The van der Waals surface area contributed by atoms with E-state index in [4.69, 9.17) is 11.6 Å². The van der Waals surface area contributed by atoms with E-state index >= 15 is 0 Å². The van der Waals surface area contributed by atoms with Crippen molar-refractivity contribution in [2.45, 2.75) is 37.3 Å². The molecule has 0 aliphatic carbocycles. The summed E-state index contributed by atoms with van der Waals surface area (Å²) in [6.07, 6.45) is 4.68. The molecule has 2 aromatic carbocycles. The first-order chi connectivity index (χ1) is 15.6. The van der Waals surface area contributed by atoms with E-state index in [1.54, 1.807) is 11.8 Å². The molecule has 0 bridgehead atoms. The van der Waals surface area contributed by atoms with Gasteiger partial charge in [-0.25, -0.2) is 0 Å². The first-order valence-electron chi connectivity index (χ1n) is 10.6. The lowest BCUT2D eigenvalue weighted by Gasteiger charge is -2.18. The maximum Gasteiger partial charge on any atom is 0.196 e. The number of halogens is 1. The van der Waals surface area contributed by atoms with Crippen LogP contribution in [0.15, 0.2) is 78.2 Å². The third kappa shape index (κ3) is 5.76. The van der Waals surface area contributed by atoms with Gasteiger partial charge in [0.05, 0.1) is 12.2 Å². The van der Waals surface area contributed by atoms with Crippen LogP contribution in [-0.4, -0.2) is 31.7 Å². The Morgan fingerprint density at radius 2 is 1.66 bits per heavy atom. The van der Waals surface area contributed by atoms with Gasteiger partial charge in [-0.05, 0) is 60.5 Å². The molecule has 32 heavy (non-hydrogen) atoms. The molecule has 0 spiro atoms. The van der Waals surface area contributed by atoms with Gasteiger partial charge in [-0.15, -0.1) is 10.2 Å². The fourth-order valence-corrected chi connectivity index (χ4v) is 4.60. The van der Waals surface area contributed by atoms with Gasteiger partial charge in [0.1, 0.15) is 0 Å². The Bertz CT molecular complexity index is 1140. The Hall–Kier alpha value is -2.67. The minimum absolute atomic E-state index is 0.671. The second-order valence-corrected chi connectivity index (χ2v) is 9.08. The number of nitrogens with zero attached hydrogens (tertiary/aromatic N) is 5. The minimum atomic E-state index is 0.671. The standard InChI is InChI=1S/C25H26ClN5S/c1-3-19-7-9-20(10-8-19)16-30(2)17-24-28-29-25(32-18-21-11-13-27-14-12-21)31(24)23-6-4-5-22(26)15-23/h4-15H,3,16-18H2,1-2H3. The average Bonchev–Trinajstić information content (AvgIpc) is 3.21. The molecule has 0 amide bonds. The van der Waals surface area contributed by atoms with Gasteiger partial charge in [-0.2, -0.15) is 0 Å². The smallest absolute Gasteiger partial charge is 0.196 e. The third-order valence-electron chi connectivity index (χ3n) is 5.18. The SMILES string of the molecule is CCc1ccc(CN(C)Cc2nnc(SCc3ccncc3)n2-c2cccc(Cl)c2)cc1. The number of benzene rings is 2. The molecular formula is C25H26ClN5S. The van der Waals surface area contributed by atoms with Crippen molar-refractivity contribution in [2.24, 2.45) is 0 Å². The molecule has 0 saturated carbocycles. The van der Waals surface area contributed by atoms with Crippen LogP contribution in [0.5, 0.6) is 0 Å². The van der Waals surface area contributed by atoms with Gasteiger partial charge in [0.25, 0.3) is 0 Å². The van der Waals surface area contributed by atoms with Crippen LogP contribution in [0.25, 0.3) is 5.69 Å². The molecule has 2 aromatic heterocycles. The molecule has 0 N–H and O–H groups in total. The van der Waals surface area contributed by atoms with Gasteiger partial charge >= 0.3 is 0 Å². The molecule has 0 fully saturated rings. The lowest BCUT2D eigenvalue weighted by molar-refractivity contribution is 0.308. The number of aryl methyl sites for hydroxylation is 1. The number of hydrogen-bond acceptors (Lipinski definition) is 5. The molecule has 0 aliphatic rings. The van der Waals surface area contributed by atoms with E-state index in [0.717, 1.165) is 35.4 Å². The molecule has 2 heterocycles. The molecule has 0 atom stereocenters. The fourth-order valence-electron chi connectivity index (χ4n) is 3.49. The molecule has 7 heteroatoms. The second kappa shape index (κ2) is 10.8. The maximum absolute atomic E-state index is 6.30. The summed E-state index contributed by atoms with van der Waals surface area (Å²) < 4.78 is 2.11. The van der Waals surface area contributed by atoms with Crippen LogP contribution in [0.3, 0.4) is 0 Å². The van der Waals surface area contributed by atoms with Crippen molar-refractivity contribution in [2.75, 3.05) is 7.05 Å². The summed E-state index contributed by atoms with van der Waals surface area (Å²) in [5.74, 6) is 1.68. The highest BCUT2D eigenvalue weighted by Crippen LogP contribution is 2.27. The zero-order chi connectivity index (χ0) is 22.3. The monoisotopic (exact) mass is 463 g/mol. The van der Waals surface area contributed by atoms with E-state index in [1.165, 1.54) is 16.7 Å². The van der Waals surface area contributed by atoms with E-state index in [2.05, 4.69) is 62.9 Å². The summed E-state index contributed by atoms with van der Waals surface area (Å²) >= 11 is 7.96. The van der Waals surface area contributed by atoms with Crippen molar-refractivity contribution in [3.05, 3.63) is 101 Å². The number of pyridine rings is 1. The van der Waals surface area contributed by atoms with E-state index in [0.29, 0.717) is 11.6 Å². The van der Waals surface area contributed by atoms with Crippen molar-refractivity contribution in [1.82, 2.24) is 24.6 Å². The molecular weight excluding hydrogens is 438 g/mol. The van der Waals surface area contributed by atoms with Crippen molar-refractivity contribution < 1.29 is 0 Å². The van der Waals surface area contributed by atoms with Gasteiger partial charge in [-0.3, -0.25) is 14.5 Å². The number of hydrogen-bond donors (Lipinski definition) is 0. The Morgan fingerprint density at radius 3 is 2.38 bits per heavy atom. The number of rotatable bonds is 9. The highest BCUT2D eigenvalue weighted by Gasteiger charge is 2.17. The van der Waals surface area contributed by atoms with Crippen LogP contribution in [0.2, 0.25) is 5.02 Å². The van der Waals surface area contributed by atoms with Crippen molar-refractivity contribution in [3.8, 4) is 5.69 Å². The quantitative estimate of drug-likeness (QED) is 0.293. The predicted octanol–water partition coefficient (Wildman–Crippen LogP) is 5.80. The number of thioether (sulfide) groups is 1. The van der Waals surface area contributed by atoms with Gasteiger partial charge in [0.2, 0.25) is 0 Å². The summed E-state index contributed by atoms with van der Waals surface area (Å²) in [5.41, 5.74) is 4.80. The van der Waals surface area contributed by atoms with Crippen molar-refractivity contribution >= 4 is 23.4 Å². The largest absolute Gasteiger partial charge is 0.295 e. The fraction of sp³-hybridized carbons (Fsp3) is 0.240. The molecule has 0 unspecified atom stereocenters. The van der Waals surface area contributed by atoms with Gasteiger partial charge in [-0.1, -0.05) is 60.6 Å². The lowest BCUT2D eigenvalue weighted by atomic mass is 10.1. The summed E-state index contributed by atoms with van der Waals surface area (Å²) in [6, 6.07) is 20.7. The predicted molar refractivity (Wildman–Crippen MR) is 131 cm³/mol. The van der Waals surface area contributed by atoms with Crippen molar-refractivity contribution in [1.29, 1.82) is 0 Å². The van der Waals surface area contributed by atoms with Crippen LogP contribution >= 0.6 is 23.4 Å². The molecule has 4 rings (SSSR count).